The minimum Gasteiger partial charge on any atom is -0.472 e. The van der Waals surface area contributed by atoms with Crippen LogP contribution in [0.25, 0.3) is 11.8 Å². The van der Waals surface area contributed by atoms with Gasteiger partial charge in [-0.25, -0.2) is 0 Å². The number of carbonyl (C=O) groups is 1. The highest BCUT2D eigenvalue weighted by molar-refractivity contribution is 5.89. The van der Waals surface area contributed by atoms with E-state index in [2.05, 4.69) is 11.4 Å². The van der Waals surface area contributed by atoms with Crippen LogP contribution in [0.2, 0.25) is 0 Å². The Balaban J connectivity index is 2.29. The standard InChI is InChI=1S/C13H11NO2/c15-13-5-10-8-16-7-9-3-1-2-4-11(9)12(10)6-14-13/h1-4,7-8H,5-6H2,(H,14,15). The molecule has 0 radical (unpaired) electrons. The summed E-state index contributed by atoms with van der Waals surface area (Å²) in [7, 11) is 0. The monoisotopic (exact) mass is 213 g/mol. The number of ether oxygens (including phenoxy) is 1. The van der Waals surface area contributed by atoms with E-state index in [-0.39, 0.29) is 5.91 Å². The predicted molar refractivity (Wildman–Crippen MR) is 60.4 cm³/mol. The smallest absolute Gasteiger partial charge is 0.224 e. The fourth-order valence-electron chi connectivity index (χ4n) is 2.09. The normalized spacial score (nSPS) is 18.1. The number of nitrogens with one attached hydrogen (secondary N) is 1. The average Bonchev–Trinajstić information content (AvgIpc) is 2.47. The molecule has 16 heavy (non-hydrogen) atoms. The van der Waals surface area contributed by atoms with Gasteiger partial charge in [0.2, 0.25) is 5.91 Å². The lowest BCUT2D eigenvalue weighted by molar-refractivity contribution is -0.120. The number of rotatable bonds is 0. The van der Waals surface area contributed by atoms with Gasteiger partial charge in [0.1, 0.15) is 0 Å². The zero-order valence-corrected chi connectivity index (χ0v) is 8.69. The van der Waals surface area contributed by atoms with Gasteiger partial charge >= 0.3 is 0 Å². The molecule has 0 bridgehead atoms. The van der Waals surface area contributed by atoms with Crippen LogP contribution < -0.4 is 15.8 Å². The lowest BCUT2D eigenvalue weighted by Crippen LogP contribution is -2.37. The van der Waals surface area contributed by atoms with Gasteiger partial charge < -0.3 is 10.1 Å². The van der Waals surface area contributed by atoms with Gasteiger partial charge in [-0.3, -0.25) is 4.79 Å². The van der Waals surface area contributed by atoms with Crippen molar-refractivity contribution in [1.82, 2.24) is 5.32 Å². The first-order chi connectivity index (χ1) is 7.84. The van der Waals surface area contributed by atoms with Crippen LogP contribution in [0.1, 0.15) is 6.42 Å². The third-order valence-corrected chi connectivity index (χ3v) is 2.89. The summed E-state index contributed by atoms with van der Waals surface area (Å²) in [5.41, 5.74) is 2.13. The van der Waals surface area contributed by atoms with Crippen molar-refractivity contribution in [2.45, 2.75) is 6.42 Å². The molecule has 3 rings (SSSR count). The van der Waals surface area contributed by atoms with Gasteiger partial charge in [0.25, 0.3) is 0 Å². The molecule has 1 aromatic carbocycles. The average molecular weight is 213 g/mol. The molecular formula is C13H11NO2. The number of amides is 1. The highest BCUT2D eigenvalue weighted by atomic mass is 16.5. The maximum atomic E-state index is 11.3. The molecule has 3 nitrogen and oxygen atoms in total. The second kappa shape index (κ2) is 3.52. The Bertz CT molecular complexity index is 599. The number of benzene rings is 1. The van der Waals surface area contributed by atoms with Crippen LogP contribution in [0.5, 0.6) is 0 Å². The van der Waals surface area contributed by atoms with Crippen LogP contribution >= 0.6 is 0 Å². The molecule has 0 atom stereocenters. The molecule has 1 amide bonds. The molecule has 2 heterocycles. The minimum atomic E-state index is 0.0537. The molecule has 3 heteroatoms. The largest absolute Gasteiger partial charge is 0.472 e. The molecule has 1 N–H and O–H groups in total. The summed E-state index contributed by atoms with van der Waals surface area (Å²) in [6.07, 6.45) is 3.80. The summed E-state index contributed by atoms with van der Waals surface area (Å²) in [6, 6.07) is 8.04. The van der Waals surface area contributed by atoms with Gasteiger partial charge in [0, 0.05) is 17.3 Å². The number of carbonyl (C=O) groups excluding carboxylic acids is 1. The van der Waals surface area contributed by atoms with Crippen molar-refractivity contribution in [1.29, 1.82) is 0 Å². The summed E-state index contributed by atoms with van der Waals surface area (Å²) < 4.78 is 5.35. The summed E-state index contributed by atoms with van der Waals surface area (Å²) in [4.78, 5) is 11.3. The van der Waals surface area contributed by atoms with E-state index in [9.17, 15) is 4.79 Å². The van der Waals surface area contributed by atoms with E-state index in [0.717, 1.165) is 21.6 Å². The van der Waals surface area contributed by atoms with Gasteiger partial charge in [-0.1, -0.05) is 24.3 Å². The summed E-state index contributed by atoms with van der Waals surface area (Å²) in [5.74, 6) is 0.0537. The Kier molecular flexibility index (Phi) is 2.03. The molecule has 0 unspecified atom stereocenters. The summed E-state index contributed by atoms with van der Waals surface area (Å²) >= 11 is 0. The van der Waals surface area contributed by atoms with E-state index >= 15 is 0 Å². The highest BCUT2D eigenvalue weighted by Crippen LogP contribution is 2.18. The Labute approximate surface area is 92.7 Å². The maximum absolute atomic E-state index is 11.3. The zero-order chi connectivity index (χ0) is 11.0. The van der Waals surface area contributed by atoms with Crippen molar-refractivity contribution in [2.75, 3.05) is 6.54 Å². The van der Waals surface area contributed by atoms with Gasteiger partial charge in [-0.15, -0.1) is 0 Å². The maximum Gasteiger partial charge on any atom is 0.224 e. The molecule has 1 fully saturated rings. The van der Waals surface area contributed by atoms with Crippen LogP contribution in [0.3, 0.4) is 0 Å². The lowest BCUT2D eigenvalue weighted by Gasteiger charge is -2.17. The van der Waals surface area contributed by atoms with Gasteiger partial charge in [-0.05, 0) is 10.8 Å². The topological polar surface area (TPSA) is 38.3 Å². The van der Waals surface area contributed by atoms with E-state index in [1.54, 1.807) is 12.5 Å². The predicted octanol–water partition coefficient (Wildman–Crippen LogP) is 0.00930. The molecule has 80 valence electrons. The van der Waals surface area contributed by atoms with Crippen molar-refractivity contribution >= 4 is 17.7 Å². The van der Waals surface area contributed by atoms with Gasteiger partial charge in [0.05, 0.1) is 18.9 Å². The first kappa shape index (κ1) is 9.21. The van der Waals surface area contributed by atoms with Gasteiger partial charge in [0.15, 0.2) is 0 Å². The lowest BCUT2D eigenvalue weighted by atomic mass is 9.97. The minimum absolute atomic E-state index is 0.0537. The van der Waals surface area contributed by atoms with Crippen LogP contribution in [0.4, 0.5) is 0 Å². The second-order valence-corrected chi connectivity index (χ2v) is 3.92. The fraction of sp³-hybridized carbons (Fsp3) is 0.154. The fourth-order valence-corrected chi connectivity index (χ4v) is 2.09. The molecular weight excluding hydrogens is 202 g/mol. The van der Waals surface area contributed by atoms with Crippen molar-refractivity contribution in [3.05, 3.63) is 46.5 Å². The zero-order valence-electron chi connectivity index (χ0n) is 8.69. The number of hydrogen-bond acceptors (Lipinski definition) is 2. The Morgan fingerprint density at radius 1 is 1.19 bits per heavy atom. The van der Waals surface area contributed by atoms with E-state index < -0.39 is 0 Å². The van der Waals surface area contributed by atoms with Crippen LogP contribution in [0.15, 0.2) is 36.1 Å². The second-order valence-electron chi connectivity index (χ2n) is 3.92. The molecule has 1 aromatic rings. The van der Waals surface area contributed by atoms with Crippen LogP contribution in [0, 0.1) is 0 Å². The van der Waals surface area contributed by atoms with E-state index in [1.807, 2.05) is 18.2 Å². The molecule has 0 saturated carbocycles. The number of piperidine rings is 1. The third kappa shape index (κ3) is 1.41. The Morgan fingerprint density at radius 2 is 2.06 bits per heavy atom. The Hall–Kier alpha value is -2.03. The molecule has 0 aliphatic carbocycles. The SMILES string of the molecule is O=C1CC2=COC=c3ccccc3=C2CN1. The molecule has 1 saturated heterocycles. The molecule has 0 spiro atoms. The number of fused-ring (bicyclic) bond motifs is 2. The number of hydrogen-bond donors (Lipinski definition) is 1. The van der Waals surface area contributed by atoms with Crippen molar-refractivity contribution < 1.29 is 9.53 Å². The quantitative estimate of drug-likeness (QED) is 0.659. The van der Waals surface area contributed by atoms with E-state index in [1.165, 1.54) is 0 Å². The van der Waals surface area contributed by atoms with E-state index in [0.29, 0.717) is 13.0 Å². The van der Waals surface area contributed by atoms with Gasteiger partial charge in [-0.2, -0.15) is 0 Å². The summed E-state index contributed by atoms with van der Waals surface area (Å²) in [5, 5.41) is 5.06. The molecule has 0 aromatic heterocycles. The highest BCUT2D eigenvalue weighted by Gasteiger charge is 2.19. The van der Waals surface area contributed by atoms with Crippen LogP contribution in [-0.4, -0.2) is 12.5 Å². The summed E-state index contributed by atoms with van der Waals surface area (Å²) in [6.45, 7) is 0.582. The van der Waals surface area contributed by atoms with Crippen molar-refractivity contribution in [3.8, 4) is 0 Å². The van der Waals surface area contributed by atoms with E-state index in [4.69, 9.17) is 4.74 Å². The third-order valence-electron chi connectivity index (χ3n) is 2.89. The first-order valence-corrected chi connectivity index (χ1v) is 5.24. The van der Waals surface area contributed by atoms with Crippen LogP contribution in [-0.2, 0) is 9.53 Å². The first-order valence-electron chi connectivity index (χ1n) is 5.24. The Morgan fingerprint density at radius 3 is 3.00 bits per heavy atom. The van der Waals surface area contributed by atoms with Crippen molar-refractivity contribution in [3.63, 3.8) is 0 Å². The van der Waals surface area contributed by atoms with Crippen molar-refractivity contribution in [2.24, 2.45) is 0 Å². The molecule has 2 aliphatic heterocycles. The molecule has 2 aliphatic rings.